The van der Waals surface area contributed by atoms with Crippen molar-refractivity contribution in [3.8, 4) is 11.4 Å². The minimum absolute atomic E-state index is 0.893. The maximum absolute atomic E-state index is 4.88. The molecular formula is C31H37N3. The number of hydrogen-bond acceptors (Lipinski definition) is 2. The maximum atomic E-state index is 4.88. The van der Waals surface area contributed by atoms with Gasteiger partial charge in [-0.15, -0.1) is 0 Å². The molecular weight excluding hydrogens is 414 g/mol. The van der Waals surface area contributed by atoms with Crippen molar-refractivity contribution in [1.29, 1.82) is 0 Å². The lowest BCUT2D eigenvalue weighted by Gasteiger charge is -2.24. The molecule has 4 rings (SSSR count). The predicted molar refractivity (Wildman–Crippen MR) is 143 cm³/mol. The lowest BCUT2D eigenvalue weighted by Crippen LogP contribution is -2.27. The minimum atomic E-state index is 0.893. The number of aromatic nitrogens is 2. The molecule has 0 aliphatic carbocycles. The summed E-state index contributed by atoms with van der Waals surface area (Å²) in [5.74, 6) is 1.08. The van der Waals surface area contributed by atoms with Gasteiger partial charge >= 0.3 is 0 Å². The number of unbranched alkanes of at least 4 members (excludes halogenated alkanes) is 1. The van der Waals surface area contributed by atoms with Crippen molar-refractivity contribution in [3.05, 3.63) is 113 Å². The van der Waals surface area contributed by atoms with Crippen molar-refractivity contribution < 1.29 is 0 Å². The standard InChI is InChI=1S/C31H37N3/c1-4-5-19-34-30(22-32-31(34)28-14-10-7-11-15-28)24-33(20-18-27-12-8-6-9-13-27)23-29-17-16-25(2)21-26(29)3/h6-17,21-22H,4-5,18-20,23-24H2,1-3H3. The third kappa shape index (κ3) is 6.24. The first-order valence-corrected chi connectivity index (χ1v) is 12.6. The van der Waals surface area contributed by atoms with Gasteiger partial charge in [0, 0.05) is 31.7 Å². The van der Waals surface area contributed by atoms with Crippen LogP contribution >= 0.6 is 0 Å². The van der Waals surface area contributed by atoms with E-state index in [9.17, 15) is 0 Å². The summed E-state index contributed by atoms with van der Waals surface area (Å²) < 4.78 is 2.44. The average molecular weight is 452 g/mol. The Labute approximate surface area is 205 Å². The largest absolute Gasteiger partial charge is 0.327 e. The van der Waals surface area contributed by atoms with Crippen LogP contribution in [0.2, 0.25) is 0 Å². The van der Waals surface area contributed by atoms with Crippen LogP contribution in [0.3, 0.4) is 0 Å². The van der Waals surface area contributed by atoms with Gasteiger partial charge in [0.05, 0.1) is 11.9 Å². The fraction of sp³-hybridized carbons (Fsp3) is 0.323. The summed E-state index contributed by atoms with van der Waals surface area (Å²) in [6.45, 7) is 10.5. The van der Waals surface area contributed by atoms with Gasteiger partial charge < -0.3 is 4.57 Å². The first-order valence-electron chi connectivity index (χ1n) is 12.6. The van der Waals surface area contributed by atoms with E-state index in [-0.39, 0.29) is 0 Å². The molecule has 0 aliphatic heterocycles. The number of hydrogen-bond donors (Lipinski definition) is 0. The fourth-order valence-electron chi connectivity index (χ4n) is 4.56. The molecule has 0 saturated heterocycles. The Hall–Kier alpha value is -3.17. The van der Waals surface area contributed by atoms with Crippen LogP contribution in [-0.4, -0.2) is 21.0 Å². The molecule has 0 bridgehead atoms. The summed E-state index contributed by atoms with van der Waals surface area (Å²) in [6.07, 6.45) is 5.46. The van der Waals surface area contributed by atoms with Crippen molar-refractivity contribution in [1.82, 2.24) is 14.5 Å². The molecule has 0 unspecified atom stereocenters. The third-order valence-electron chi connectivity index (χ3n) is 6.54. The van der Waals surface area contributed by atoms with E-state index in [4.69, 9.17) is 4.98 Å². The Kier molecular flexibility index (Phi) is 8.32. The molecule has 0 N–H and O–H groups in total. The van der Waals surface area contributed by atoms with Gasteiger partial charge in [0.25, 0.3) is 0 Å². The Morgan fingerprint density at radius 2 is 1.59 bits per heavy atom. The van der Waals surface area contributed by atoms with Gasteiger partial charge in [-0.05, 0) is 43.4 Å². The highest BCUT2D eigenvalue weighted by Gasteiger charge is 2.16. The molecule has 0 aliphatic rings. The van der Waals surface area contributed by atoms with Crippen molar-refractivity contribution in [2.24, 2.45) is 0 Å². The lowest BCUT2D eigenvalue weighted by atomic mass is 10.0. The Morgan fingerprint density at radius 1 is 0.853 bits per heavy atom. The first kappa shape index (κ1) is 24.0. The van der Waals surface area contributed by atoms with Crippen LogP contribution in [0.1, 0.15) is 47.7 Å². The van der Waals surface area contributed by atoms with E-state index in [1.807, 2.05) is 0 Å². The minimum Gasteiger partial charge on any atom is -0.327 e. The van der Waals surface area contributed by atoms with E-state index in [0.29, 0.717) is 0 Å². The first-order chi connectivity index (χ1) is 16.6. The second-order valence-corrected chi connectivity index (χ2v) is 9.32. The summed E-state index contributed by atoms with van der Waals surface area (Å²) in [6, 6.07) is 28.2. The summed E-state index contributed by atoms with van der Waals surface area (Å²) in [5.41, 5.74) is 7.97. The molecule has 3 nitrogen and oxygen atoms in total. The zero-order valence-corrected chi connectivity index (χ0v) is 20.9. The average Bonchev–Trinajstić information content (AvgIpc) is 3.26. The molecule has 3 heteroatoms. The highest BCUT2D eigenvalue weighted by molar-refractivity contribution is 5.55. The molecule has 0 fully saturated rings. The van der Waals surface area contributed by atoms with Crippen molar-refractivity contribution in [3.63, 3.8) is 0 Å². The van der Waals surface area contributed by atoms with E-state index in [1.54, 1.807) is 0 Å². The quantitative estimate of drug-likeness (QED) is 0.240. The van der Waals surface area contributed by atoms with Crippen LogP contribution in [-0.2, 0) is 26.1 Å². The van der Waals surface area contributed by atoms with E-state index < -0.39 is 0 Å². The predicted octanol–water partition coefficient (Wildman–Crippen LogP) is 7.21. The third-order valence-corrected chi connectivity index (χ3v) is 6.54. The van der Waals surface area contributed by atoms with Crippen LogP contribution < -0.4 is 0 Å². The molecule has 3 aromatic carbocycles. The highest BCUT2D eigenvalue weighted by atomic mass is 15.2. The Balaban J connectivity index is 1.61. The zero-order valence-electron chi connectivity index (χ0n) is 20.9. The van der Waals surface area contributed by atoms with E-state index in [1.165, 1.54) is 39.9 Å². The molecule has 1 aromatic heterocycles. The number of rotatable bonds is 11. The Bertz CT molecular complexity index is 1160. The molecule has 0 radical (unpaired) electrons. The number of imidazole rings is 1. The highest BCUT2D eigenvalue weighted by Crippen LogP contribution is 2.23. The number of aryl methyl sites for hydroxylation is 2. The van der Waals surface area contributed by atoms with Crippen LogP contribution in [0, 0.1) is 13.8 Å². The van der Waals surface area contributed by atoms with Crippen LogP contribution in [0.5, 0.6) is 0 Å². The second-order valence-electron chi connectivity index (χ2n) is 9.32. The normalized spacial score (nSPS) is 11.3. The summed E-state index contributed by atoms with van der Waals surface area (Å²) in [4.78, 5) is 7.47. The zero-order chi connectivity index (χ0) is 23.8. The molecule has 4 aromatic rings. The van der Waals surface area contributed by atoms with Gasteiger partial charge in [-0.2, -0.15) is 0 Å². The van der Waals surface area contributed by atoms with Gasteiger partial charge in [0.2, 0.25) is 0 Å². The molecule has 0 atom stereocenters. The number of nitrogens with zero attached hydrogens (tertiary/aromatic N) is 3. The fourth-order valence-corrected chi connectivity index (χ4v) is 4.56. The maximum Gasteiger partial charge on any atom is 0.140 e. The molecule has 0 amide bonds. The second kappa shape index (κ2) is 11.8. The van der Waals surface area contributed by atoms with Gasteiger partial charge in [-0.3, -0.25) is 4.90 Å². The molecule has 176 valence electrons. The van der Waals surface area contributed by atoms with E-state index in [2.05, 4.69) is 115 Å². The van der Waals surface area contributed by atoms with Gasteiger partial charge in [0.15, 0.2) is 0 Å². The van der Waals surface area contributed by atoms with Gasteiger partial charge in [-0.25, -0.2) is 4.98 Å². The summed E-state index contributed by atoms with van der Waals surface area (Å²) in [7, 11) is 0. The van der Waals surface area contributed by atoms with Crippen molar-refractivity contribution in [2.45, 2.75) is 59.7 Å². The molecule has 0 spiro atoms. The smallest absolute Gasteiger partial charge is 0.140 e. The van der Waals surface area contributed by atoms with Crippen LogP contribution in [0.25, 0.3) is 11.4 Å². The molecule has 1 heterocycles. The topological polar surface area (TPSA) is 21.1 Å². The van der Waals surface area contributed by atoms with E-state index >= 15 is 0 Å². The molecule has 34 heavy (non-hydrogen) atoms. The molecule has 0 saturated carbocycles. The van der Waals surface area contributed by atoms with Crippen LogP contribution in [0.15, 0.2) is 85.1 Å². The summed E-state index contributed by atoms with van der Waals surface area (Å²) in [5, 5.41) is 0. The van der Waals surface area contributed by atoms with Gasteiger partial charge in [-0.1, -0.05) is 97.8 Å². The van der Waals surface area contributed by atoms with Gasteiger partial charge in [0.1, 0.15) is 5.82 Å². The Morgan fingerprint density at radius 3 is 2.29 bits per heavy atom. The number of benzene rings is 3. The lowest BCUT2D eigenvalue weighted by molar-refractivity contribution is 0.252. The SMILES string of the molecule is CCCCn1c(CN(CCc2ccccc2)Cc2ccc(C)cc2C)cnc1-c1ccccc1. The monoisotopic (exact) mass is 451 g/mol. The summed E-state index contributed by atoms with van der Waals surface area (Å²) >= 11 is 0. The van der Waals surface area contributed by atoms with Crippen LogP contribution in [0.4, 0.5) is 0 Å². The van der Waals surface area contributed by atoms with Crippen molar-refractivity contribution >= 4 is 0 Å². The van der Waals surface area contributed by atoms with Crippen molar-refractivity contribution in [2.75, 3.05) is 6.54 Å². The van der Waals surface area contributed by atoms with E-state index in [0.717, 1.165) is 44.8 Å².